The fourth-order valence-electron chi connectivity index (χ4n) is 7.04. The van der Waals surface area contributed by atoms with E-state index in [0.717, 1.165) is 41.6 Å². The van der Waals surface area contributed by atoms with E-state index in [1.165, 1.54) is 4.90 Å². The number of nitrogens with zero attached hydrogens (tertiary/aromatic N) is 1. The SMILES string of the molecule is CCc1cccc(CC)c1NC(=O)[C@H](Cc1ccccc1)N1C(=O)[C@@H]2[C@H]3C=C[C@@H]([C@@H]4C[C@H]34)[C@@H]2C1=O. The Bertz CT molecular complexity index is 1160. The number of aryl methyl sites for hydroxylation is 2. The molecular weight excluding hydrogens is 436 g/mol. The summed E-state index contributed by atoms with van der Waals surface area (Å²) in [6.07, 6.45) is 7.36. The van der Waals surface area contributed by atoms with E-state index < -0.39 is 6.04 Å². The topological polar surface area (TPSA) is 66.5 Å². The Labute approximate surface area is 206 Å². The van der Waals surface area contributed by atoms with Crippen LogP contribution in [0.4, 0.5) is 5.69 Å². The molecule has 4 aliphatic carbocycles. The Kier molecular flexibility index (Phi) is 5.39. The van der Waals surface area contributed by atoms with Crippen LogP contribution in [0.25, 0.3) is 0 Å². The van der Waals surface area contributed by atoms with E-state index >= 15 is 0 Å². The number of carbonyl (C=O) groups is 3. The Balaban J connectivity index is 1.35. The molecule has 2 aromatic rings. The van der Waals surface area contributed by atoms with Crippen molar-refractivity contribution >= 4 is 23.4 Å². The van der Waals surface area contributed by atoms with Crippen LogP contribution in [0.1, 0.15) is 37.0 Å². The first-order valence-electron chi connectivity index (χ1n) is 13.0. The summed E-state index contributed by atoms with van der Waals surface area (Å²) in [6.45, 7) is 4.14. The second-order valence-corrected chi connectivity index (χ2v) is 10.6. The molecule has 0 aromatic heterocycles. The molecular formula is C30H32N2O3. The van der Waals surface area contributed by atoms with Gasteiger partial charge in [0.05, 0.1) is 11.8 Å². The van der Waals surface area contributed by atoms with Crippen molar-refractivity contribution in [2.75, 3.05) is 5.32 Å². The van der Waals surface area contributed by atoms with Crippen LogP contribution in [0, 0.1) is 35.5 Å². The monoisotopic (exact) mass is 468 g/mol. The van der Waals surface area contributed by atoms with Gasteiger partial charge in [-0.3, -0.25) is 19.3 Å². The van der Waals surface area contributed by atoms with Crippen LogP contribution in [0.2, 0.25) is 0 Å². The van der Waals surface area contributed by atoms with Crippen molar-refractivity contribution in [1.82, 2.24) is 4.90 Å². The number of imide groups is 1. The fourth-order valence-corrected chi connectivity index (χ4v) is 7.04. The minimum absolute atomic E-state index is 0.143. The average Bonchev–Trinajstić information content (AvgIpc) is 3.67. The lowest BCUT2D eigenvalue weighted by atomic mass is 9.63. The third kappa shape index (κ3) is 3.47. The minimum atomic E-state index is -0.867. The number of benzene rings is 2. The van der Waals surface area contributed by atoms with Gasteiger partial charge in [0.25, 0.3) is 0 Å². The van der Waals surface area contributed by atoms with E-state index in [-0.39, 0.29) is 41.4 Å². The van der Waals surface area contributed by atoms with Crippen LogP contribution in [0.3, 0.4) is 0 Å². The molecule has 3 amide bonds. The molecule has 35 heavy (non-hydrogen) atoms. The summed E-state index contributed by atoms with van der Waals surface area (Å²) in [5, 5.41) is 3.16. The molecule has 0 unspecified atom stereocenters. The van der Waals surface area contributed by atoms with Crippen molar-refractivity contribution in [3.8, 4) is 0 Å². The van der Waals surface area contributed by atoms with Gasteiger partial charge in [-0.2, -0.15) is 0 Å². The highest BCUT2D eigenvalue weighted by Crippen LogP contribution is 2.65. The van der Waals surface area contributed by atoms with E-state index in [1.54, 1.807) is 0 Å². The lowest BCUT2D eigenvalue weighted by Crippen LogP contribution is -2.49. The third-order valence-electron chi connectivity index (χ3n) is 8.83. The third-order valence-corrected chi connectivity index (χ3v) is 8.83. The molecule has 1 aliphatic heterocycles. The van der Waals surface area contributed by atoms with Gasteiger partial charge >= 0.3 is 0 Å². The predicted octanol–water partition coefficient (Wildman–Crippen LogP) is 4.41. The summed E-state index contributed by atoms with van der Waals surface area (Å²) >= 11 is 0. The zero-order valence-corrected chi connectivity index (χ0v) is 20.3. The first kappa shape index (κ1) is 22.3. The number of para-hydroxylation sites is 1. The van der Waals surface area contributed by atoms with Crippen LogP contribution in [-0.4, -0.2) is 28.7 Å². The summed E-state index contributed by atoms with van der Waals surface area (Å²) in [4.78, 5) is 42.9. The maximum absolute atomic E-state index is 13.9. The van der Waals surface area contributed by atoms with E-state index in [0.29, 0.717) is 18.3 Å². The Morgan fingerprint density at radius 3 is 2.00 bits per heavy atom. The van der Waals surface area contributed by atoms with Gasteiger partial charge in [-0.1, -0.05) is 74.5 Å². The van der Waals surface area contributed by atoms with E-state index in [9.17, 15) is 14.4 Å². The van der Waals surface area contributed by atoms with Crippen LogP contribution in [0.5, 0.6) is 0 Å². The molecule has 0 radical (unpaired) electrons. The van der Waals surface area contributed by atoms with Crippen LogP contribution in [0.15, 0.2) is 60.7 Å². The van der Waals surface area contributed by atoms with E-state index in [4.69, 9.17) is 0 Å². The normalized spacial score (nSPS) is 30.7. The largest absolute Gasteiger partial charge is 0.324 e. The smallest absolute Gasteiger partial charge is 0.248 e. The van der Waals surface area contributed by atoms with Gasteiger partial charge in [0.2, 0.25) is 17.7 Å². The number of hydrogen-bond donors (Lipinski definition) is 1. The Hall–Kier alpha value is -3.21. The van der Waals surface area contributed by atoms with Gasteiger partial charge in [-0.15, -0.1) is 0 Å². The van der Waals surface area contributed by atoms with Crippen LogP contribution >= 0.6 is 0 Å². The van der Waals surface area contributed by atoms with Crippen molar-refractivity contribution in [2.24, 2.45) is 35.5 Å². The molecule has 7 atom stereocenters. The quantitative estimate of drug-likeness (QED) is 0.483. The first-order chi connectivity index (χ1) is 17.0. The molecule has 180 valence electrons. The minimum Gasteiger partial charge on any atom is -0.324 e. The number of carbonyl (C=O) groups excluding carboxylic acids is 3. The van der Waals surface area contributed by atoms with Gasteiger partial charge in [-0.25, -0.2) is 0 Å². The number of likely N-dealkylation sites (tertiary alicyclic amines) is 1. The van der Waals surface area contributed by atoms with Gasteiger partial charge < -0.3 is 5.32 Å². The van der Waals surface area contributed by atoms with Crippen molar-refractivity contribution in [1.29, 1.82) is 0 Å². The van der Waals surface area contributed by atoms with E-state index in [1.807, 2.05) is 48.5 Å². The number of hydrogen-bond acceptors (Lipinski definition) is 3. The zero-order valence-electron chi connectivity index (χ0n) is 20.3. The number of rotatable bonds is 7. The van der Waals surface area contributed by atoms with Gasteiger partial charge in [0, 0.05) is 12.1 Å². The summed E-state index contributed by atoms with van der Waals surface area (Å²) in [6, 6.07) is 14.9. The van der Waals surface area contributed by atoms with Gasteiger partial charge in [-0.05, 0) is 59.6 Å². The standard InChI is InChI=1S/C30H32N2O3/c1-3-18-11-8-12-19(4-2)27(18)31-28(33)24(15-17-9-6-5-7-10-17)32-29(34)25-20-13-14-21(23-16-22(20)23)26(25)30(32)35/h5-14,20-26H,3-4,15-16H2,1-2H3,(H,31,33)/t20-,21-,22-,23+,24-,25-,26+/m0/s1. The molecule has 5 heteroatoms. The van der Waals surface area contributed by atoms with Gasteiger partial charge in [0.15, 0.2) is 0 Å². The number of allylic oxidation sites excluding steroid dienone is 2. The number of amides is 3. The lowest BCUT2D eigenvalue weighted by Gasteiger charge is -2.37. The highest BCUT2D eigenvalue weighted by atomic mass is 16.2. The van der Waals surface area contributed by atoms with Crippen molar-refractivity contribution in [3.05, 3.63) is 77.4 Å². The number of anilines is 1. The van der Waals surface area contributed by atoms with Crippen molar-refractivity contribution in [2.45, 2.75) is 45.6 Å². The molecule has 0 spiro atoms. The second kappa shape index (κ2) is 8.47. The first-order valence-corrected chi connectivity index (χ1v) is 13.0. The molecule has 5 aliphatic rings. The molecule has 2 bridgehead atoms. The summed E-state index contributed by atoms with van der Waals surface area (Å²) in [5.74, 6) is 0.160. The molecule has 2 saturated carbocycles. The zero-order chi connectivity index (χ0) is 24.3. The molecule has 1 N–H and O–H groups in total. The molecule has 3 fully saturated rings. The molecule has 1 saturated heterocycles. The fraction of sp³-hybridized carbons (Fsp3) is 0.433. The molecule has 2 aromatic carbocycles. The maximum Gasteiger partial charge on any atom is 0.248 e. The maximum atomic E-state index is 13.9. The molecule has 5 nitrogen and oxygen atoms in total. The van der Waals surface area contributed by atoms with Crippen LogP contribution in [-0.2, 0) is 33.6 Å². The molecule has 1 heterocycles. The summed E-state index contributed by atoms with van der Waals surface area (Å²) in [7, 11) is 0. The molecule has 7 rings (SSSR count). The van der Waals surface area contributed by atoms with Crippen molar-refractivity contribution < 1.29 is 14.4 Å². The summed E-state index contributed by atoms with van der Waals surface area (Å²) < 4.78 is 0. The van der Waals surface area contributed by atoms with E-state index in [2.05, 4.69) is 31.3 Å². The van der Waals surface area contributed by atoms with Crippen molar-refractivity contribution in [3.63, 3.8) is 0 Å². The highest BCUT2D eigenvalue weighted by molar-refractivity contribution is 6.11. The average molecular weight is 469 g/mol. The van der Waals surface area contributed by atoms with Crippen LogP contribution < -0.4 is 5.32 Å². The Morgan fingerprint density at radius 2 is 1.46 bits per heavy atom. The Morgan fingerprint density at radius 1 is 0.886 bits per heavy atom. The predicted molar refractivity (Wildman–Crippen MR) is 134 cm³/mol. The number of nitrogens with one attached hydrogen (secondary N) is 1. The highest BCUT2D eigenvalue weighted by Gasteiger charge is 2.67. The summed E-state index contributed by atoms with van der Waals surface area (Å²) in [5.41, 5.74) is 3.88. The second-order valence-electron chi connectivity index (χ2n) is 10.6. The van der Waals surface area contributed by atoms with Gasteiger partial charge in [0.1, 0.15) is 6.04 Å². The lowest BCUT2D eigenvalue weighted by molar-refractivity contribution is -0.146.